The number of nitrogens with one attached hydrogen (secondary N) is 1. The number of hydrogen-bond donors (Lipinski definition) is 1. The van der Waals surface area contributed by atoms with Gasteiger partial charge in [0.05, 0.1) is 17.9 Å². The van der Waals surface area contributed by atoms with Gasteiger partial charge in [-0.15, -0.1) is 11.3 Å². The Morgan fingerprint density at radius 2 is 2.00 bits per heavy atom. The number of rotatable bonds is 6. The van der Waals surface area contributed by atoms with Crippen molar-refractivity contribution in [3.63, 3.8) is 0 Å². The van der Waals surface area contributed by atoms with Gasteiger partial charge >= 0.3 is 0 Å². The minimum Gasteiger partial charge on any atom is -0.381 e. The van der Waals surface area contributed by atoms with Crippen LogP contribution >= 0.6 is 11.3 Å². The van der Waals surface area contributed by atoms with Crippen molar-refractivity contribution in [2.45, 2.75) is 26.0 Å². The summed E-state index contributed by atoms with van der Waals surface area (Å²) in [6, 6.07) is 9.83. The standard InChI is InChI=1S/C14H19NO3S2/c1-10(18-3)9-20(16,17)15-11(2)14-8-12-6-4-5-7-13(12)19-14/h4-8,10-11,15H,9H2,1-3H3. The lowest BCUT2D eigenvalue weighted by Crippen LogP contribution is -2.33. The third-order valence-corrected chi connectivity index (χ3v) is 6.00. The number of methoxy groups -OCH3 is 1. The normalized spacial score (nSPS) is 15.3. The molecule has 0 fully saturated rings. The molecule has 2 unspecified atom stereocenters. The SMILES string of the molecule is COC(C)CS(=O)(=O)NC(C)c1cc2ccccc2s1. The lowest BCUT2D eigenvalue weighted by Gasteiger charge is -2.15. The van der Waals surface area contributed by atoms with Gasteiger partial charge in [-0.25, -0.2) is 13.1 Å². The van der Waals surface area contributed by atoms with Crippen LogP contribution in [0.2, 0.25) is 0 Å². The van der Waals surface area contributed by atoms with Crippen molar-refractivity contribution in [3.8, 4) is 0 Å². The maximum atomic E-state index is 12.0. The third kappa shape index (κ3) is 3.79. The lowest BCUT2D eigenvalue weighted by atomic mass is 10.2. The number of benzene rings is 1. The highest BCUT2D eigenvalue weighted by atomic mass is 32.2. The van der Waals surface area contributed by atoms with E-state index in [1.54, 1.807) is 18.3 Å². The van der Waals surface area contributed by atoms with Crippen LogP contribution in [0.4, 0.5) is 0 Å². The largest absolute Gasteiger partial charge is 0.381 e. The Morgan fingerprint density at radius 1 is 1.30 bits per heavy atom. The Morgan fingerprint density at radius 3 is 2.65 bits per heavy atom. The molecule has 2 aromatic rings. The predicted octanol–water partition coefficient (Wildman–Crippen LogP) is 2.92. The van der Waals surface area contributed by atoms with Crippen LogP contribution in [0.1, 0.15) is 24.8 Å². The van der Waals surface area contributed by atoms with Gasteiger partial charge in [-0.3, -0.25) is 0 Å². The molecule has 2 atom stereocenters. The second kappa shape index (κ2) is 6.22. The first-order valence-corrected chi connectivity index (χ1v) is 8.89. The lowest BCUT2D eigenvalue weighted by molar-refractivity contribution is 0.136. The van der Waals surface area contributed by atoms with Crippen LogP contribution in [0.25, 0.3) is 10.1 Å². The number of thiophene rings is 1. The summed E-state index contributed by atoms with van der Waals surface area (Å²) in [6.07, 6.45) is -0.317. The topological polar surface area (TPSA) is 55.4 Å². The molecule has 110 valence electrons. The van der Waals surface area contributed by atoms with Crippen LogP contribution < -0.4 is 4.72 Å². The van der Waals surface area contributed by atoms with Gasteiger partial charge in [0.1, 0.15) is 0 Å². The Kier molecular flexibility index (Phi) is 4.80. The molecule has 0 saturated carbocycles. The maximum Gasteiger partial charge on any atom is 0.214 e. The molecule has 0 amide bonds. The first kappa shape index (κ1) is 15.4. The molecule has 0 radical (unpaired) electrons. The van der Waals surface area contributed by atoms with Gasteiger partial charge in [-0.2, -0.15) is 0 Å². The molecule has 0 aliphatic carbocycles. The van der Waals surface area contributed by atoms with Crippen molar-refractivity contribution >= 4 is 31.4 Å². The molecule has 20 heavy (non-hydrogen) atoms. The minimum atomic E-state index is -3.35. The summed E-state index contributed by atoms with van der Waals surface area (Å²) in [5.74, 6) is -0.0290. The molecule has 6 heteroatoms. The first-order chi connectivity index (χ1) is 9.41. The van der Waals surface area contributed by atoms with E-state index < -0.39 is 10.0 Å². The van der Waals surface area contributed by atoms with E-state index in [0.29, 0.717) is 0 Å². The van der Waals surface area contributed by atoms with Gasteiger partial charge in [-0.05, 0) is 31.4 Å². The van der Waals surface area contributed by atoms with Crippen molar-refractivity contribution in [3.05, 3.63) is 35.2 Å². The van der Waals surface area contributed by atoms with Crippen LogP contribution in [0.3, 0.4) is 0 Å². The smallest absolute Gasteiger partial charge is 0.214 e. The van der Waals surface area contributed by atoms with E-state index in [-0.39, 0.29) is 17.9 Å². The average Bonchev–Trinajstić information content (AvgIpc) is 2.81. The summed E-state index contributed by atoms with van der Waals surface area (Å²) in [7, 11) is -1.84. The average molecular weight is 313 g/mol. The van der Waals surface area contributed by atoms with E-state index in [9.17, 15) is 8.42 Å². The molecular weight excluding hydrogens is 294 g/mol. The first-order valence-electron chi connectivity index (χ1n) is 6.42. The maximum absolute atomic E-state index is 12.0. The second-order valence-electron chi connectivity index (χ2n) is 4.85. The minimum absolute atomic E-state index is 0.0290. The Balaban J connectivity index is 2.13. The summed E-state index contributed by atoms with van der Waals surface area (Å²) in [4.78, 5) is 1.01. The zero-order chi connectivity index (χ0) is 14.8. The van der Waals surface area contributed by atoms with E-state index >= 15 is 0 Å². The highest BCUT2D eigenvalue weighted by Crippen LogP contribution is 2.29. The Hall–Kier alpha value is -0.950. The number of fused-ring (bicyclic) bond motifs is 1. The van der Waals surface area contributed by atoms with E-state index in [2.05, 4.69) is 4.72 Å². The van der Waals surface area contributed by atoms with Gasteiger partial charge in [0.2, 0.25) is 10.0 Å². The molecule has 1 heterocycles. The van der Waals surface area contributed by atoms with Crippen LogP contribution in [-0.2, 0) is 14.8 Å². The monoisotopic (exact) mass is 313 g/mol. The molecule has 0 aliphatic heterocycles. The quantitative estimate of drug-likeness (QED) is 0.892. The fraction of sp³-hybridized carbons (Fsp3) is 0.429. The summed E-state index contributed by atoms with van der Waals surface area (Å²) in [6.45, 7) is 3.60. The zero-order valence-electron chi connectivity index (χ0n) is 11.8. The van der Waals surface area contributed by atoms with E-state index in [0.717, 1.165) is 10.3 Å². The fourth-order valence-corrected chi connectivity index (χ4v) is 4.63. The highest BCUT2D eigenvalue weighted by molar-refractivity contribution is 7.89. The molecule has 1 N–H and O–H groups in total. The van der Waals surface area contributed by atoms with Crippen molar-refractivity contribution in [1.29, 1.82) is 0 Å². The van der Waals surface area contributed by atoms with Crippen molar-refractivity contribution < 1.29 is 13.2 Å². The number of ether oxygens (including phenoxy) is 1. The second-order valence-corrected chi connectivity index (χ2v) is 7.77. The fourth-order valence-electron chi connectivity index (χ4n) is 1.97. The summed E-state index contributed by atoms with van der Waals surface area (Å²) >= 11 is 1.61. The predicted molar refractivity (Wildman–Crippen MR) is 83.6 cm³/mol. The molecule has 0 saturated heterocycles. The molecule has 2 rings (SSSR count). The van der Waals surface area contributed by atoms with E-state index in [1.165, 1.54) is 11.8 Å². The van der Waals surface area contributed by atoms with Crippen LogP contribution in [0, 0.1) is 0 Å². The third-order valence-electron chi connectivity index (χ3n) is 3.08. The molecule has 1 aromatic carbocycles. The Labute approximate surface area is 123 Å². The zero-order valence-corrected chi connectivity index (χ0v) is 13.4. The van der Waals surface area contributed by atoms with Crippen LogP contribution in [0.5, 0.6) is 0 Å². The van der Waals surface area contributed by atoms with Crippen LogP contribution in [0.15, 0.2) is 30.3 Å². The summed E-state index contributed by atoms with van der Waals surface area (Å²) in [5.41, 5.74) is 0. The molecule has 0 aliphatic rings. The van der Waals surface area contributed by atoms with Crippen LogP contribution in [-0.4, -0.2) is 27.4 Å². The van der Waals surface area contributed by atoms with Gasteiger partial charge in [0.15, 0.2) is 0 Å². The van der Waals surface area contributed by atoms with Crippen molar-refractivity contribution in [1.82, 2.24) is 4.72 Å². The summed E-state index contributed by atoms with van der Waals surface area (Å²) < 4.78 is 32.9. The van der Waals surface area contributed by atoms with Gasteiger partial charge < -0.3 is 4.74 Å². The Bertz CT molecular complexity index is 646. The van der Waals surface area contributed by atoms with Crippen molar-refractivity contribution in [2.24, 2.45) is 0 Å². The number of sulfonamides is 1. The molecule has 0 spiro atoms. The summed E-state index contributed by atoms with van der Waals surface area (Å²) in [5, 5.41) is 1.14. The molecule has 0 bridgehead atoms. The molecular formula is C14H19NO3S2. The van der Waals surface area contributed by atoms with Gasteiger partial charge in [0, 0.05) is 16.7 Å². The van der Waals surface area contributed by atoms with Gasteiger partial charge in [0.25, 0.3) is 0 Å². The molecule has 4 nitrogen and oxygen atoms in total. The molecule has 1 aromatic heterocycles. The van der Waals surface area contributed by atoms with Gasteiger partial charge in [-0.1, -0.05) is 18.2 Å². The highest BCUT2D eigenvalue weighted by Gasteiger charge is 2.20. The van der Waals surface area contributed by atoms with Crippen molar-refractivity contribution in [2.75, 3.05) is 12.9 Å². The van der Waals surface area contributed by atoms with E-state index in [1.807, 2.05) is 37.3 Å². The number of hydrogen-bond acceptors (Lipinski definition) is 4. The van der Waals surface area contributed by atoms with E-state index in [4.69, 9.17) is 4.74 Å².